The van der Waals surface area contributed by atoms with Crippen LogP contribution in [0.2, 0.25) is 0 Å². The van der Waals surface area contributed by atoms with Gasteiger partial charge in [0.25, 0.3) is 5.91 Å². The van der Waals surface area contributed by atoms with Gasteiger partial charge in [0, 0.05) is 5.69 Å². The van der Waals surface area contributed by atoms with Crippen molar-refractivity contribution in [1.29, 1.82) is 0 Å². The predicted octanol–water partition coefficient (Wildman–Crippen LogP) is 1.81. The van der Waals surface area contributed by atoms with Crippen LogP contribution in [0.15, 0.2) is 22.7 Å². The van der Waals surface area contributed by atoms with Gasteiger partial charge in [-0.1, -0.05) is 6.07 Å². The van der Waals surface area contributed by atoms with Crippen LogP contribution in [-0.2, 0) is 4.84 Å². The van der Waals surface area contributed by atoms with Gasteiger partial charge in [-0.15, -0.1) is 0 Å². The zero-order chi connectivity index (χ0) is 10.8. The number of rotatable bonds is 1. The smallest absolute Gasteiger partial charge is 0.278 e. The fourth-order valence-corrected chi connectivity index (χ4v) is 1.89. The number of carbonyl (C=O) groups is 1. The third-order valence-corrected chi connectivity index (χ3v) is 3.12. The highest BCUT2D eigenvalue weighted by Gasteiger charge is 2.23. The number of hydroxylamine groups is 2. The Balaban J connectivity index is 2.28. The van der Waals surface area contributed by atoms with E-state index in [1.807, 2.05) is 0 Å². The Morgan fingerprint density at radius 3 is 3.00 bits per heavy atom. The summed E-state index contributed by atoms with van der Waals surface area (Å²) in [5, 5.41) is 1.37. The lowest BCUT2D eigenvalue weighted by Crippen LogP contribution is -2.26. The van der Waals surface area contributed by atoms with E-state index in [0.29, 0.717) is 28.9 Å². The Hall–Kier alpha value is -1.07. The normalized spacial score (nSPS) is 15.7. The molecular formula is C10H11BrN2O2. The molecule has 0 bridgehead atoms. The molecule has 4 nitrogen and oxygen atoms in total. The highest BCUT2D eigenvalue weighted by molar-refractivity contribution is 9.10. The second-order valence-electron chi connectivity index (χ2n) is 3.30. The van der Waals surface area contributed by atoms with Gasteiger partial charge in [-0.3, -0.25) is 9.63 Å². The molecule has 0 aromatic heterocycles. The van der Waals surface area contributed by atoms with E-state index in [9.17, 15) is 4.79 Å². The van der Waals surface area contributed by atoms with Gasteiger partial charge in [0.15, 0.2) is 0 Å². The monoisotopic (exact) mass is 270 g/mol. The van der Waals surface area contributed by atoms with Gasteiger partial charge in [0.1, 0.15) is 0 Å². The predicted molar refractivity (Wildman–Crippen MR) is 60.2 cm³/mol. The molecule has 1 saturated heterocycles. The molecule has 1 aromatic carbocycles. The fraction of sp³-hybridized carbons (Fsp3) is 0.300. The quantitative estimate of drug-likeness (QED) is 0.792. The van der Waals surface area contributed by atoms with Crippen LogP contribution < -0.4 is 5.73 Å². The third-order valence-electron chi connectivity index (χ3n) is 2.24. The Kier molecular flexibility index (Phi) is 2.93. The molecule has 80 valence electrons. The molecule has 0 unspecified atom stereocenters. The molecule has 5 heteroatoms. The number of carbonyl (C=O) groups excluding carboxylic acids is 1. The van der Waals surface area contributed by atoms with E-state index in [4.69, 9.17) is 10.6 Å². The van der Waals surface area contributed by atoms with Gasteiger partial charge in [0.05, 0.1) is 23.2 Å². The van der Waals surface area contributed by atoms with Crippen molar-refractivity contribution in [2.45, 2.75) is 6.42 Å². The number of nitrogen functional groups attached to an aromatic ring is 1. The molecule has 1 heterocycles. The fourth-order valence-electron chi connectivity index (χ4n) is 1.46. The molecule has 0 radical (unpaired) electrons. The molecule has 1 aliphatic rings. The minimum absolute atomic E-state index is 0.147. The lowest BCUT2D eigenvalue weighted by Gasteiger charge is -2.15. The van der Waals surface area contributed by atoms with Crippen LogP contribution in [0.25, 0.3) is 0 Å². The van der Waals surface area contributed by atoms with Gasteiger partial charge in [-0.2, -0.15) is 0 Å². The number of hydrogen-bond acceptors (Lipinski definition) is 3. The van der Waals surface area contributed by atoms with Crippen molar-refractivity contribution in [2.75, 3.05) is 18.9 Å². The van der Waals surface area contributed by atoms with Crippen molar-refractivity contribution in [3.63, 3.8) is 0 Å². The summed E-state index contributed by atoms with van der Waals surface area (Å²) in [7, 11) is 0. The molecule has 1 aromatic rings. The molecule has 0 spiro atoms. The Morgan fingerprint density at radius 1 is 1.53 bits per heavy atom. The second kappa shape index (κ2) is 4.20. The first kappa shape index (κ1) is 10.4. The Morgan fingerprint density at radius 2 is 2.33 bits per heavy atom. The summed E-state index contributed by atoms with van der Waals surface area (Å²) >= 11 is 3.30. The maximum Gasteiger partial charge on any atom is 0.278 e. The summed E-state index contributed by atoms with van der Waals surface area (Å²) in [5.41, 5.74) is 6.79. The van der Waals surface area contributed by atoms with E-state index in [1.54, 1.807) is 18.2 Å². The number of anilines is 1. The van der Waals surface area contributed by atoms with Crippen LogP contribution in [0, 0.1) is 0 Å². The number of benzene rings is 1. The SMILES string of the molecule is Nc1cccc(C(=O)N2CCCO2)c1Br. The minimum atomic E-state index is -0.147. The first-order chi connectivity index (χ1) is 7.20. The lowest BCUT2D eigenvalue weighted by atomic mass is 10.2. The molecule has 15 heavy (non-hydrogen) atoms. The molecule has 0 atom stereocenters. The summed E-state index contributed by atoms with van der Waals surface area (Å²) in [6.07, 6.45) is 0.881. The molecule has 1 amide bonds. The second-order valence-corrected chi connectivity index (χ2v) is 4.10. The zero-order valence-electron chi connectivity index (χ0n) is 8.07. The van der Waals surface area contributed by atoms with Crippen LogP contribution in [-0.4, -0.2) is 24.1 Å². The number of nitrogens with zero attached hydrogens (tertiary/aromatic N) is 1. The maximum atomic E-state index is 11.9. The first-order valence-corrected chi connectivity index (χ1v) is 5.48. The van der Waals surface area contributed by atoms with E-state index in [0.717, 1.165) is 6.42 Å². The summed E-state index contributed by atoms with van der Waals surface area (Å²) in [5.74, 6) is -0.147. The van der Waals surface area contributed by atoms with E-state index in [2.05, 4.69) is 15.9 Å². The standard InChI is InChI=1S/C10H11BrN2O2/c11-9-7(3-1-4-8(9)12)10(14)13-5-2-6-15-13/h1,3-4H,2,5-6,12H2. The lowest BCUT2D eigenvalue weighted by molar-refractivity contribution is -0.0768. The van der Waals surface area contributed by atoms with Crippen molar-refractivity contribution in [2.24, 2.45) is 0 Å². The molecular weight excluding hydrogens is 260 g/mol. The minimum Gasteiger partial charge on any atom is -0.398 e. The van der Waals surface area contributed by atoms with Crippen LogP contribution >= 0.6 is 15.9 Å². The molecule has 2 N–H and O–H groups in total. The number of halogens is 1. The topological polar surface area (TPSA) is 55.6 Å². The van der Waals surface area contributed by atoms with Gasteiger partial charge in [-0.05, 0) is 34.5 Å². The van der Waals surface area contributed by atoms with Crippen molar-refractivity contribution in [3.8, 4) is 0 Å². The van der Waals surface area contributed by atoms with Crippen molar-refractivity contribution in [1.82, 2.24) is 5.06 Å². The average Bonchev–Trinajstić information content (AvgIpc) is 2.74. The van der Waals surface area contributed by atoms with Gasteiger partial charge < -0.3 is 5.73 Å². The highest BCUT2D eigenvalue weighted by atomic mass is 79.9. The Labute approximate surface area is 96.1 Å². The largest absolute Gasteiger partial charge is 0.398 e. The van der Waals surface area contributed by atoms with Crippen LogP contribution in [0.4, 0.5) is 5.69 Å². The first-order valence-electron chi connectivity index (χ1n) is 4.69. The van der Waals surface area contributed by atoms with E-state index >= 15 is 0 Å². The van der Waals surface area contributed by atoms with Gasteiger partial charge in [0.2, 0.25) is 0 Å². The van der Waals surface area contributed by atoms with Gasteiger partial charge >= 0.3 is 0 Å². The van der Waals surface area contributed by atoms with E-state index in [-0.39, 0.29) is 5.91 Å². The molecule has 1 fully saturated rings. The molecule has 0 aliphatic carbocycles. The molecule has 1 aliphatic heterocycles. The molecule has 0 saturated carbocycles. The Bertz CT molecular complexity index is 389. The van der Waals surface area contributed by atoms with Crippen molar-refractivity contribution >= 4 is 27.5 Å². The van der Waals surface area contributed by atoms with Gasteiger partial charge in [-0.25, -0.2) is 5.06 Å². The van der Waals surface area contributed by atoms with E-state index in [1.165, 1.54) is 5.06 Å². The van der Waals surface area contributed by atoms with Crippen molar-refractivity contribution < 1.29 is 9.63 Å². The molecule has 2 rings (SSSR count). The highest BCUT2D eigenvalue weighted by Crippen LogP contribution is 2.25. The zero-order valence-corrected chi connectivity index (χ0v) is 9.66. The average molecular weight is 271 g/mol. The maximum absolute atomic E-state index is 11.9. The summed E-state index contributed by atoms with van der Waals surface area (Å²) < 4.78 is 0.630. The third kappa shape index (κ3) is 1.98. The number of hydrogen-bond donors (Lipinski definition) is 1. The summed E-state index contributed by atoms with van der Waals surface area (Å²) in [6.45, 7) is 1.24. The number of nitrogens with two attached hydrogens (primary N) is 1. The van der Waals surface area contributed by atoms with E-state index < -0.39 is 0 Å². The van der Waals surface area contributed by atoms with Crippen LogP contribution in [0.1, 0.15) is 16.8 Å². The van der Waals surface area contributed by atoms with Crippen molar-refractivity contribution in [3.05, 3.63) is 28.2 Å². The summed E-state index contributed by atoms with van der Waals surface area (Å²) in [4.78, 5) is 17.1. The van der Waals surface area contributed by atoms with Crippen LogP contribution in [0.3, 0.4) is 0 Å². The number of amides is 1. The summed E-state index contributed by atoms with van der Waals surface area (Å²) in [6, 6.07) is 5.22. The van der Waals surface area contributed by atoms with Crippen LogP contribution in [0.5, 0.6) is 0 Å².